The minimum absolute atomic E-state index is 0. The minimum atomic E-state index is 0. The Morgan fingerprint density at radius 3 is 2.85 bits per heavy atom. The van der Waals surface area contributed by atoms with Crippen LogP contribution in [0.4, 0.5) is 0 Å². The summed E-state index contributed by atoms with van der Waals surface area (Å²) < 4.78 is 1.66. The van der Waals surface area contributed by atoms with Gasteiger partial charge in [-0.15, -0.1) is 12.4 Å². The zero-order chi connectivity index (χ0) is 8.55. The van der Waals surface area contributed by atoms with Gasteiger partial charge in [-0.3, -0.25) is 0 Å². The minimum Gasteiger partial charge on any atom is -0.216 e. The third kappa shape index (κ3) is 1.78. The van der Waals surface area contributed by atoms with Crippen LogP contribution in [0, 0.1) is 0 Å². The van der Waals surface area contributed by atoms with Gasteiger partial charge >= 0.3 is 0 Å². The van der Waals surface area contributed by atoms with E-state index in [4.69, 9.17) is 0 Å². The number of aromatic nitrogens is 4. The van der Waals surface area contributed by atoms with Crippen molar-refractivity contribution >= 4 is 18.2 Å². The molecule has 2 aromatic heterocycles. The zero-order valence-corrected chi connectivity index (χ0v) is 8.32. The first kappa shape index (κ1) is 9.92. The normalized spacial score (nSPS) is 10.4. The molecule has 2 rings (SSSR count). The van der Waals surface area contributed by atoms with Gasteiger partial charge in [-0.25, -0.2) is 9.50 Å². The molecule has 5 heteroatoms. The smallest absolute Gasteiger partial charge is 0.216 e. The van der Waals surface area contributed by atoms with Crippen LogP contribution >= 0.6 is 12.4 Å². The molecule has 2 heterocycles. The molecule has 0 saturated carbocycles. The van der Waals surface area contributed by atoms with Crippen molar-refractivity contribution < 1.29 is 0 Å². The molecule has 0 fully saturated rings. The lowest BCUT2D eigenvalue weighted by atomic mass is 10.1. The molecule has 70 valence electrons. The van der Waals surface area contributed by atoms with Crippen LogP contribution in [-0.2, 0) is 0 Å². The Hall–Kier alpha value is -1.16. The molecule has 0 aliphatic rings. The monoisotopic (exact) mass is 198 g/mol. The molecule has 0 saturated heterocycles. The van der Waals surface area contributed by atoms with E-state index in [1.165, 1.54) is 6.33 Å². The van der Waals surface area contributed by atoms with E-state index < -0.39 is 0 Å². The van der Waals surface area contributed by atoms with E-state index in [2.05, 4.69) is 28.9 Å². The van der Waals surface area contributed by atoms with Gasteiger partial charge in [0, 0.05) is 11.9 Å². The molecular weight excluding hydrogens is 188 g/mol. The summed E-state index contributed by atoms with van der Waals surface area (Å²) in [5.74, 6) is 1.10. The number of rotatable bonds is 1. The zero-order valence-electron chi connectivity index (χ0n) is 7.51. The maximum Gasteiger partial charge on any atom is 0.252 e. The molecule has 4 nitrogen and oxygen atoms in total. The first-order valence-electron chi connectivity index (χ1n) is 3.93. The number of nitrogens with zero attached hydrogens (tertiary/aromatic N) is 4. The highest BCUT2D eigenvalue weighted by Gasteiger charge is 2.02. The topological polar surface area (TPSA) is 43.1 Å². The highest BCUT2D eigenvalue weighted by atomic mass is 35.5. The molecule has 0 bridgehead atoms. The van der Waals surface area contributed by atoms with Gasteiger partial charge < -0.3 is 0 Å². The van der Waals surface area contributed by atoms with Crippen LogP contribution in [0.1, 0.15) is 25.5 Å². The Labute approximate surface area is 82.4 Å². The number of hydrogen-bond acceptors (Lipinski definition) is 3. The average Bonchev–Trinajstić information content (AvgIpc) is 2.49. The van der Waals surface area contributed by atoms with Crippen molar-refractivity contribution in [1.29, 1.82) is 0 Å². The van der Waals surface area contributed by atoms with Gasteiger partial charge in [0.25, 0.3) is 5.78 Å². The van der Waals surface area contributed by atoms with Crippen LogP contribution in [0.5, 0.6) is 0 Å². The Morgan fingerprint density at radius 2 is 2.15 bits per heavy atom. The van der Waals surface area contributed by atoms with Crippen molar-refractivity contribution in [3.8, 4) is 0 Å². The molecule has 0 aromatic carbocycles. The summed E-state index contributed by atoms with van der Waals surface area (Å²) >= 11 is 0. The van der Waals surface area contributed by atoms with E-state index in [0.29, 0.717) is 11.7 Å². The van der Waals surface area contributed by atoms with Crippen molar-refractivity contribution in [3.63, 3.8) is 0 Å². The third-order valence-electron chi connectivity index (χ3n) is 1.76. The van der Waals surface area contributed by atoms with Crippen LogP contribution in [0.3, 0.4) is 0 Å². The van der Waals surface area contributed by atoms with E-state index in [1.54, 1.807) is 4.52 Å². The number of halogens is 1. The fourth-order valence-corrected chi connectivity index (χ4v) is 1.05. The Kier molecular flexibility index (Phi) is 2.83. The average molecular weight is 199 g/mol. The Morgan fingerprint density at radius 1 is 1.38 bits per heavy atom. The molecule has 0 spiro atoms. The van der Waals surface area contributed by atoms with Crippen molar-refractivity contribution in [2.24, 2.45) is 0 Å². The molecule has 0 radical (unpaired) electrons. The quantitative estimate of drug-likeness (QED) is 0.700. The van der Waals surface area contributed by atoms with Gasteiger partial charge in [0.1, 0.15) is 6.33 Å². The van der Waals surface area contributed by atoms with Gasteiger partial charge in [-0.05, 0) is 12.0 Å². The second-order valence-corrected chi connectivity index (χ2v) is 3.01. The van der Waals surface area contributed by atoms with E-state index in [9.17, 15) is 0 Å². The van der Waals surface area contributed by atoms with Gasteiger partial charge in [0.2, 0.25) is 0 Å². The fraction of sp³-hybridized carbons (Fsp3) is 0.375. The van der Waals surface area contributed by atoms with Gasteiger partial charge in [0.05, 0.1) is 0 Å². The van der Waals surface area contributed by atoms with Crippen molar-refractivity contribution in [1.82, 2.24) is 19.6 Å². The second-order valence-electron chi connectivity index (χ2n) is 3.01. The van der Waals surface area contributed by atoms with Crippen LogP contribution in [0.25, 0.3) is 5.78 Å². The Bertz CT molecular complexity index is 396. The third-order valence-corrected chi connectivity index (χ3v) is 1.76. The second kappa shape index (κ2) is 3.70. The van der Waals surface area contributed by atoms with E-state index in [0.717, 1.165) is 5.69 Å². The number of fused-ring (bicyclic) bond motifs is 1. The molecule has 0 N–H and O–H groups in total. The lowest BCUT2D eigenvalue weighted by Crippen LogP contribution is -1.97. The molecule has 0 aliphatic carbocycles. The number of hydrogen-bond donors (Lipinski definition) is 0. The van der Waals surface area contributed by atoms with Crippen LogP contribution in [0.15, 0.2) is 18.6 Å². The maximum absolute atomic E-state index is 4.32. The predicted octanol–water partition coefficient (Wildman–Crippen LogP) is 1.67. The lowest BCUT2D eigenvalue weighted by Gasteiger charge is -2.02. The van der Waals surface area contributed by atoms with Crippen molar-refractivity contribution in [2.75, 3.05) is 0 Å². The summed E-state index contributed by atoms with van der Waals surface area (Å²) in [6.07, 6.45) is 3.39. The Balaban J connectivity index is 0.000000845. The van der Waals surface area contributed by atoms with Crippen molar-refractivity contribution in [3.05, 3.63) is 24.3 Å². The van der Waals surface area contributed by atoms with E-state index in [-0.39, 0.29) is 12.4 Å². The summed E-state index contributed by atoms with van der Waals surface area (Å²) in [7, 11) is 0. The summed E-state index contributed by atoms with van der Waals surface area (Å²) in [5.41, 5.74) is 1.05. The first-order chi connectivity index (χ1) is 5.77. The standard InChI is InChI=1S/C8H10N4.ClH/c1-6(2)7-3-4-12-8(11-7)9-5-10-12;/h3-6H,1-2H3;1H. The summed E-state index contributed by atoms with van der Waals surface area (Å²) in [6, 6.07) is 1.96. The van der Waals surface area contributed by atoms with E-state index >= 15 is 0 Å². The van der Waals surface area contributed by atoms with Crippen LogP contribution < -0.4 is 0 Å². The van der Waals surface area contributed by atoms with Gasteiger partial charge in [-0.1, -0.05) is 13.8 Å². The molecule has 13 heavy (non-hydrogen) atoms. The van der Waals surface area contributed by atoms with E-state index in [1.807, 2.05) is 12.3 Å². The molecule has 0 aliphatic heterocycles. The molecule has 2 aromatic rings. The fourth-order valence-electron chi connectivity index (χ4n) is 1.05. The lowest BCUT2D eigenvalue weighted by molar-refractivity contribution is 0.806. The molecule has 0 unspecified atom stereocenters. The van der Waals surface area contributed by atoms with Crippen molar-refractivity contribution in [2.45, 2.75) is 19.8 Å². The summed E-state index contributed by atoms with van der Waals surface area (Å²) in [5, 5.41) is 3.96. The molecule has 0 atom stereocenters. The van der Waals surface area contributed by atoms with Gasteiger partial charge in [-0.2, -0.15) is 10.1 Å². The summed E-state index contributed by atoms with van der Waals surface area (Å²) in [6.45, 7) is 4.21. The van der Waals surface area contributed by atoms with Gasteiger partial charge in [0.15, 0.2) is 0 Å². The SMILES string of the molecule is CC(C)c1ccn2ncnc2n1.Cl. The predicted molar refractivity (Wildman–Crippen MR) is 52.1 cm³/mol. The molecule has 0 amide bonds. The largest absolute Gasteiger partial charge is 0.252 e. The first-order valence-corrected chi connectivity index (χ1v) is 3.93. The van der Waals surface area contributed by atoms with Crippen LogP contribution in [0.2, 0.25) is 0 Å². The maximum atomic E-state index is 4.32. The van der Waals surface area contributed by atoms with Crippen LogP contribution in [-0.4, -0.2) is 19.6 Å². The molecular formula is C8H11ClN4. The highest BCUT2D eigenvalue weighted by Crippen LogP contribution is 2.10. The highest BCUT2D eigenvalue weighted by molar-refractivity contribution is 5.85. The summed E-state index contributed by atoms with van der Waals surface area (Å²) in [4.78, 5) is 8.33.